The highest BCUT2D eigenvalue weighted by molar-refractivity contribution is 7.93. The molecule has 0 bridgehead atoms. The summed E-state index contributed by atoms with van der Waals surface area (Å²) in [7, 11) is -3.16. The Labute approximate surface area is 78.8 Å². The molecule has 1 saturated heterocycles. The van der Waals surface area contributed by atoms with Crippen molar-refractivity contribution in [2.45, 2.75) is 6.42 Å². The molecule has 78 valence electrons. The number of nitrogens with zero attached hydrogens (tertiary/aromatic N) is 1. The minimum absolute atomic E-state index is 0.547. The fourth-order valence-corrected chi connectivity index (χ4v) is 1.67. The molecular formula is C7H16N2O3S. The first-order valence-corrected chi connectivity index (χ1v) is 5.90. The molecule has 1 heterocycles. The normalized spacial score (nSPS) is 23.8. The van der Waals surface area contributed by atoms with Crippen molar-refractivity contribution in [1.82, 2.24) is 4.90 Å². The molecule has 1 aliphatic heterocycles. The van der Waals surface area contributed by atoms with E-state index in [2.05, 4.69) is 4.90 Å². The molecule has 1 atom stereocenters. The summed E-state index contributed by atoms with van der Waals surface area (Å²) < 4.78 is 24.6. The van der Waals surface area contributed by atoms with Gasteiger partial charge in [0.1, 0.15) is 9.99 Å². The molecule has 13 heavy (non-hydrogen) atoms. The first-order valence-electron chi connectivity index (χ1n) is 4.25. The molecule has 1 fully saturated rings. The van der Waals surface area contributed by atoms with Crippen molar-refractivity contribution in [3.63, 3.8) is 0 Å². The fourth-order valence-electron chi connectivity index (χ4n) is 1.23. The fraction of sp³-hybridized carbons (Fsp3) is 0.857. The highest BCUT2D eigenvalue weighted by atomic mass is 32.2. The summed E-state index contributed by atoms with van der Waals surface area (Å²) in [5, 5.41) is 6.20. The quantitative estimate of drug-likeness (QED) is 0.592. The van der Waals surface area contributed by atoms with Gasteiger partial charge in [0, 0.05) is 25.0 Å². The summed E-state index contributed by atoms with van der Waals surface area (Å²) in [6.07, 6.45) is 0.547. The topological polar surface area (TPSA) is 75.8 Å². The van der Waals surface area contributed by atoms with Crippen LogP contribution >= 0.6 is 0 Å². The maximum absolute atomic E-state index is 10.7. The Morgan fingerprint density at radius 2 is 2.15 bits per heavy atom. The second kappa shape index (κ2) is 4.92. The van der Waals surface area contributed by atoms with E-state index in [9.17, 15) is 4.21 Å². The number of hydrogen-bond acceptors (Lipinski definition) is 3. The maximum atomic E-state index is 10.7. The van der Waals surface area contributed by atoms with Crippen LogP contribution in [0.2, 0.25) is 0 Å². The van der Waals surface area contributed by atoms with Crippen LogP contribution in [0.5, 0.6) is 0 Å². The molecule has 3 N–H and O–H groups in total. The Morgan fingerprint density at radius 3 is 2.69 bits per heavy atom. The predicted molar refractivity (Wildman–Crippen MR) is 52.9 cm³/mol. The van der Waals surface area contributed by atoms with E-state index in [1.54, 1.807) is 0 Å². The molecule has 0 aromatic heterocycles. The van der Waals surface area contributed by atoms with E-state index in [1.807, 2.05) is 0 Å². The number of morpholine rings is 1. The second-order valence-corrected chi connectivity index (χ2v) is 4.58. The van der Waals surface area contributed by atoms with Crippen molar-refractivity contribution in [2.24, 2.45) is 5.14 Å². The van der Waals surface area contributed by atoms with Gasteiger partial charge in [0.25, 0.3) is 0 Å². The van der Waals surface area contributed by atoms with Crippen molar-refractivity contribution in [1.29, 1.82) is 0 Å². The molecule has 0 amide bonds. The van der Waals surface area contributed by atoms with Gasteiger partial charge in [-0.2, -0.15) is 0 Å². The molecule has 0 aromatic carbocycles. The lowest BCUT2D eigenvalue weighted by atomic mass is 10.4. The minimum atomic E-state index is -3.16. The summed E-state index contributed by atoms with van der Waals surface area (Å²) in [6, 6.07) is 0. The molecule has 0 spiro atoms. The van der Waals surface area contributed by atoms with Crippen molar-refractivity contribution in [3.05, 3.63) is 0 Å². The number of ether oxygens (including phenoxy) is 1. The van der Waals surface area contributed by atoms with Crippen molar-refractivity contribution < 1.29 is 13.5 Å². The number of hydrogen-bond donors (Lipinski definition) is 2. The zero-order chi connectivity index (χ0) is 9.73. The lowest BCUT2D eigenvalue weighted by Crippen LogP contribution is -2.37. The van der Waals surface area contributed by atoms with Crippen molar-refractivity contribution >= 4 is 15.4 Å². The largest absolute Gasteiger partial charge is 0.379 e. The summed E-state index contributed by atoms with van der Waals surface area (Å²) in [4.78, 5) is 2.19. The van der Waals surface area contributed by atoms with Gasteiger partial charge in [0.05, 0.1) is 13.2 Å². The summed E-state index contributed by atoms with van der Waals surface area (Å²) in [5.74, 6) is 0. The van der Waals surface area contributed by atoms with Crippen LogP contribution in [0.25, 0.3) is 0 Å². The van der Waals surface area contributed by atoms with Crippen LogP contribution in [0.4, 0.5) is 0 Å². The third kappa shape index (κ3) is 5.22. The van der Waals surface area contributed by atoms with Gasteiger partial charge in [-0.25, -0.2) is 9.35 Å². The molecule has 0 aromatic rings. The Kier molecular flexibility index (Phi) is 4.14. The van der Waals surface area contributed by atoms with Crippen LogP contribution in [0, 0.1) is 0 Å². The maximum Gasteiger partial charge on any atom is 0.138 e. The lowest BCUT2D eigenvalue weighted by molar-refractivity contribution is 0.0393. The van der Waals surface area contributed by atoms with Crippen molar-refractivity contribution in [3.8, 4) is 0 Å². The molecular weight excluding hydrogens is 192 g/mol. The van der Waals surface area contributed by atoms with Gasteiger partial charge < -0.3 is 9.29 Å². The highest BCUT2D eigenvalue weighted by Crippen LogP contribution is 1.96. The molecule has 5 nitrogen and oxygen atoms in total. The number of rotatable bonds is 3. The molecule has 0 saturated carbocycles. The smallest absolute Gasteiger partial charge is 0.138 e. The van der Waals surface area contributed by atoms with Crippen LogP contribution in [0.3, 0.4) is 0 Å². The van der Waals surface area contributed by atoms with Crippen LogP contribution in [-0.4, -0.2) is 51.9 Å². The summed E-state index contributed by atoms with van der Waals surface area (Å²) in [5.41, 5.74) is 0. The highest BCUT2D eigenvalue weighted by Gasteiger charge is 2.08. The SMILES string of the molecule is NS(=O)(O)=CCCN1CCOCC1. The summed E-state index contributed by atoms with van der Waals surface area (Å²) >= 11 is 0. The number of nitrogens with two attached hydrogens (primary N) is 1. The van der Waals surface area contributed by atoms with E-state index < -0.39 is 9.99 Å². The molecule has 0 aliphatic carbocycles. The van der Waals surface area contributed by atoms with Crippen LogP contribution in [0.15, 0.2) is 0 Å². The molecule has 1 unspecified atom stereocenters. The van der Waals surface area contributed by atoms with Gasteiger partial charge >= 0.3 is 0 Å². The van der Waals surface area contributed by atoms with E-state index in [1.165, 1.54) is 5.37 Å². The Morgan fingerprint density at radius 1 is 1.54 bits per heavy atom. The van der Waals surface area contributed by atoms with E-state index in [4.69, 9.17) is 14.4 Å². The third-order valence-electron chi connectivity index (χ3n) is 1.91. The first kappa shape index (κ1) is 10.9. The van der Waals surface area contributed by atoms with Crippen LogP contribution in [-0.2, 0) is 14.7 Å². The van der Waals surface area contributed by atoms with E-state index in [-0.39, 0.29) is 0 Å². The van der Waals surface area contributed by atoms with E-state index in [0.29, 0.717) is 6.42 Å². The molecule has 6 heteroatoms. The molecule has 1 rings (SSSR count). The average Bonchev–Trinajstić information content (AvgIpc) is 2.04. The predicted octanol–water partition coefficient (Wildman–Crippen LogP) is -0.858. The van der Waals surface area contributed by atoms with Gasteiger partial charge in [-0.05, 0) is 6.42 Å². The lowest BCUT2D eigenvalue weighted by Gasteiger charge is -2.25. The second-order valence-electron chi connectivity index (χ2n) is 3.02. The monoisotopic (exact) mass is 208 g/mol. The van der Waals surface area contributed by atoms with Crippen LogP contribution in [0.1, 0.15) is 6.42 Å². The van der Waals surface area contributed by atoms with Gasteiger partial charge in [0.15, 0.2) is 0 Å². The standard InChI is InChI=1S/C7H16N2O3S/c8-13(10,11)7-1-2-9-3-5-12-6-4-9/h7H,1-6H2,(H3,8,10,11). The van der Waals surface area contributed by atoms with Gasteiger partial charge in [-0.15, -0.1) is 0 Å². The Bertz CT molecular complexity index is 246. The average molecular weight is 208 g/mol. The molecule has 0 radical (unpaired) electrons. The van der Waals surface area contributed by atoms with E-state index in [0.717, 1.165) is 32.8 Å². The minimum Gasteiger partial charge on any atom is -0.379 e. The summed E-state index contributed by atoms with van der Waals surface area (Å²) in [6.45, 7) is 4.06. The van der Waals surface area contributed by atoms with Gasteiger partial charge in [-0.3, -0.25) is 4.90 Å². The third-order valence-corrected chi connectivity index (χ3v) is 2.62. The van der Waals surface area contributed by atoms with Crippen LogP contribution < -0.4 is 5.14 Å². The van der Waals surface area contributed by atoms with E-state index >= 15 is 0 Å². The zero-order valence-electron chi connectivity index (χ0n) is 7.52. The zero-order valence-corrected chi connectivity index (χ0v) is 8.33. The first-order chi connectivity index (χ1) is 6.08. The van der Waals surface area contributed by atoms with Crippen molar-refractivity contribution in [2.75, 3.05) is 32.8 Å². The van der Waals surface area contributed by atoms with Gasteiger partial charge in [-0.1, -0.05) is 0 Å². The van der Waals surface area contributed by atoms with Gasteiger partial charge in [0.2, 0.25) is 0 Å². The molecule has 1 aliphatic rings. The Hall–Kier alpha value is -0.140. The Balaban J connectivity index is 2.22.